The van der Waals surface area contributed by atoms with Crippen LogP contribution in [0, 0.1) is 0 Å². The number of carbonyl (C=O) groups excluding carboxylic acids is 2. The molecule has 3 heterocycles. The Morgan fingerprint density at radius 3 is 2.84 bits per heavy atom. The van der Waals surface area contributed by atoms with Crippen LogP contribution >= 0.6 is 0 Å². The number of likely N-dealkylation sites (tertiary alicyclic amines) is 1. The smallest absolute Gasteiger partial charge is 0.222 e. The maximum Gasteiger partial charge on any atom is 0.222 e. The number of hydrogen-bond donors (Lipinski definition) is 0. The van der Waals surface area contributed by atoms with Crippen molar-refractivity contribution in [3.05, 3.63) is 6.33 Å². The molecule has 0 bridgehead atoms. The molecule has 1 aromatic rings. The average Bonchev–Trinajstić information content (AvgIpc) is 3.08. The fraction of sp³-hybridized carbons (Fsp3) is 0.812. The van der Waals surface area contributed by atoms with Gasteiger partial charge in [-0.25, -0.2) is 4.68 Å². The third-order valence-corrected chi connectivity index (χ3v) is 5.66. The van der Waals surface area contributed by atoms with Gasteiger partial charge in [-0.2, -0.15) is 0 Å². The molecule has 2 aliphatic rings. The lowest BCUT2D eigenvalue weighted by Gasteiger charge is -2.49. The number of likely N-dealkylation sites (N-methyl/N-ethyl adjacent to an activating group) is 1. The van der Waals surface area contributed by atoms with E-state index in [9.17, 15) is 9.59 Å². The maximum atomic E-state index is 12.6. The van der Waals surface area contributed by atoms with Gasteiger partial charge in [-0.15, -0.1) is 5.10 Å². The van der Waals surface area contributed by atoms with Gasteiger partial charge in [-0.05, 0) is 36.7 Å². The second kappa shape index (κ2) is 7.47. The first kappa shape index (κ1) is 17.8. The minimum Gasteiger partial charge on any atom is -0.346 e. The molecule has 0 aliphatic carbocycles. The minimum absolute atomic E-state index is 0.0792. The molecule has 1 aromatic heterocycles. The highest BCUT2D eigenvalue weighted by Gasteiger charge is 2.42. The van der Waals surface area contributed by atoms with Crippen LogP contribution in [0.25, 0.3) is 0 Å². The molecule has 2 fully saturated rings. The van der Waals surface area contributed by atoms with Crippen molar-refractivity contribution in [3.8, 4) is 0 Å². The second-order valence-corrected chi connectivity index (χ2v) is 7.20. The molecule has 2 aliphatic heterocycles. The fourth-order valence-corrected chi connectivity index (χ4v) is 3.80. The maximum absolute atomic E-state index is 12.6. The van der Waals surface area contributed by atoms with Crippen LogP contribution in [-0.4, -0.2) is 92.5 Å². The van der Waals surface area contributed by atoms with Crippen LogP contribution in [0.3, 0.4) is 0 Å². The van der Waals surface area contributed by atoms with Gasteiger partial charge in [0.1, 0.15) is 6.33 Å². The molecule has 3 rings (SSSR count). The summed E-state index contributed by atoms with van der Waals surface area (Å²) >= 11 is 0. The average molecular weight is 349 g/mol. The molecule has 0 aromatic carbocycles. The Balaban J connectivity index is 1.57. The fourth-order valence-electron chi connectivity index (χ4n) is 3.80. The summed E-state index contributed by atoms with van der Waals surface area (Å²) in [7, 11) is 3.99. The van der Waals surface area contributed by atoms with Gasteiger partial charge in [0.15, 0.2) is 0 Å². The van der Waals surface area contributed by atoms with Gasteiger partial charge >= 0.3 is 0 Å². The number of piperazine rings is 1. The quantitative estimate of drug-likeness (QED) is 0.736. The highest BCUT2D eigenvalue weighted by molar-refractivity contribution is 5.77. The highest BCUT2D eigenvalue weighted by Crippen LogP contribution is 2.32. The molecule has 0 radical (unpaired) electrons. The summed E-state index contributed by atoms with van der Waals surface area (Å²) in [4.78, 5) is 30.8. The molecule has 138 valence electrons. The monoisotopic (exact) mass is 349 g/mol. The molecule has 0 saturated carbocycles. The molecule has 0 N–H and O–H groups in total. The van der Waals surface area contributed by atoms with Crippen molar-refractivity contribution in [1.29, 1.82) is 0 Å². The van der Waals surface area contributed by atoms with Crippen LogP contribution in [0.4, 0.5) is 0 Å². The Morgan fingerprint density at radius 2 is 2.08 bits per heavy atom. The van der Waals surface area contributed by atoms with Crippen LogP contribution in [0.1, 0.15) is 32.1 Å². The highest BCUT2D eigenvalue weighted by atomic mass is 16.2. The van der Waals surface area contributed by atoms with E-state index in [0.717, 1.165) is 38.9 Å². The van der Waals surface area contributed by atoms with Gasteiger partial charge in [0.05, 0.1) is 0 Å². The largest absolute Gasteiger partial charge is 0.346 e. The van der Waals surface area contributed by atoms with E-state index in [2.05, 4.69) is 27.5 Å². The van der Waals surface area contributed by atoms with Crippen molar-refractivity contribution in [2.75, 3.05) is 40.3 Å². The molecule has 2 saturated heterocycles. The summed E-state index contributed by atoms with van der Waals surface area (Å²) in [5.41, 5.74) is -0.0792. The number of amides is 2. The predicted molar refractivity (Wildman–Crippen MR) is 90.5 cm³/mol. The molecule has 2 amide bonds. The molecule has 1 spiro atoms. The summed E-state index contributed by atoms with van der Waals surface area (Å²) in [5, 5.41) is 11.0. The molecular weight excluding hydrogens is 322 g/mol. The van der Waals surface area contributed by atoms with E-state index in [-0.39, 0.29) is 17.4 Å². The Hall–Kier alpha value is -2.03. The Morgan fingerprint density at radius 1 is 1.24 bits per heavy atom. The van der Waals surface area contributed by atoms with Crippen LogP contribution in [0.2, 0.25) is 0 Å². The normalized spacial score (nSPS) is 25.4. The molecule has 9 heteroatoms. The first-order valence-corrected chi connectivity index (χ1v) is 8.94. The van der Waals surface area contributed by atoms with Gasteiger partial charge in [0.2, 0.25) is 11.8 Å². The summed E-state index contributed by atoms with van der Waals surface area (Å²) in [6, 6.07) is 0. The summed E-state index contributed by atoms with van der Waals surface area (Å²) < 4.78 is 1.64. The van der Waals surface area contributed by atoms with Gasteiger partial charge in [-0.1, -0.05) is 0 Å². The predicted octanol–water partition coefficient (Wildman–Crippen LogP) is -0.392. The minimum atomic E-state index is -0.0792. The van der Waals surface area contributed by atoms with E-state index in [4.69, 9.17) is 0 Å². The molecular formula is C16H27N7O2. The molecule has 9 nitrogen and oxygen atoms in total. The zero-order valence-electron chi connectivity index (χ0n) is 15.1. The lowest BCUT2D eigenvalue weighted by atomic mass is 9.86. The summed E-state index contributed by atoms with van der Waals surface area (Å²) in [6.45, 7) is 3.73. The Labute approximate surface area is 147 Å². The zero-order valence-corrected chi connectivity index (χ0v) is 15.1. The first-order valence-electron chi connectivity index (χ1n) is 8.94. The van der Waals surface area contributed by atoms with Crippen molar-refractivity contribution in [2.45, 2.75) is 44.2 Å². The third-order valence-electron chi connectivity index (χ3n) is 5.66. The lowest BCUT2D eigenvalue weighted by molar-refractivity contribution is -0.137. The second-order valence-electron chi connectivity index (χ2n) is 7.20. The van der Waals surface area contributed by atoms with E-state index < -0.39 is 0 Å². The number of rotatable bonds is 4. The van der Waals surface area contributed by atoms with Crippen LogP contribution in [-0.2, 0) is 16.1 Å². The van der Waals surface area contributed by atoms with E-state index >= 15 is 0 Å². The first-order chi connectivity index (χ1) is 12.0. The Bertz CT molecular complexity index is 606. The van der Waals surface area contributed by atoms with Crippen molar-refractivity contribution < 1.29 is 9.59 Å². The molecule has 25 heavy (non-hydrogen) atoms. The zero-order chi connectivity index (χ0) is 17.9. The van der Waals surface area contributed by atoms with E-state index in [0.29, 0.717) is 25.9 Å². The number of tetrazole rings is 1. The lowest BCUT2D eigenvalue weighted by Crippen LogP contribution is -2.62. The summed E-state index contributed by atoms with van der Waals surface area (Å²) in [6.07, 6.45) is 5.08. The van der Waals surface area contributed by atoms with Gasteiger partial charge in [-0.3, -0.25) is 14.5 Å². The number of aryl methyl sites for hydroxylation is 1. The van der Waals surface area contributed by atoms with Crippen molar-refractivity contribution in [3.63, 3.8) is 0 Å². The van der Waals surface area contributed by atoms with Gasteiger partial charge in [0, 0.05) is 58.2 Å². The summed E-state index contributed by atoms with van der Waals surface area (Å²) in [5.74, 6) is 0.389. The third kappa shape index (κ3) is 3.97. The molecule has 1 atom stereocenters. The van der Waals surface area contributed by atoms with Crippen molar-refractivity contribution in [2.24, 2.45) is 0 Å². The standard InChI is InChI=1S/C16H27N7O2/c1-20-9-7-16(6-5-14(20)24)12-22(11-10-21(16)2)15(25)4-3-8-23-13-17-18-19-23/h13H,3-12H2,1-2H3/t16-/m0/s1. The van der Waals surface area contributed by atoms with E-state index in [1.807, 2.05) is 16.8 Å². The number of carbonyl (C=O) groups is 2. The van der Waals surface area contributed by atoms with Gasteiger partial charge < -0.3 is 9.80 Å². The van der Waals surface area contributed by atoms with Crippen LogP contribution in [0.15, 0.2) is 6.33 Å². The number of aromatic nitrogens is 4. The van der Waals surface area contributed by atoms with E-state index in [1.165, 1.54) is 0 Å². The SMILES string of the molecule is CN1CC[C@@]2(CCC1=O)CN(C(=O)CCCn1cnnn1)CCN2C. The topological polar surface area (TPSA) is 87.5 Å². The van der Waals surface area contributed by atoms with Crippen LogP contribution in [0.5, 0.6) is 0 Å². The Kier molecular flexibility index (Phi) is 5.31. The van der Waals surface area contributed by atoms with Gasteiger partial charge in [0.25, 0.3) is 0 Å². The molecule has 0 unspecified atom stereocenters. The number of nitrogens with zero attached hydrogens (tertiary/aromatic N) is 7. The number of hydrogen-bond acceptors (Lipinski definition) is 6. The van der Waals surface area contributed by atoms with Crippen molar-refractivity contribution >= 4 is 11.8 Å². The van der Waals surface area contributed by atoms with E-state index in [1.54, 1.807) is 11.0 Å². The van der Waals surface area contributed by atoms with Crippen LogP contribution < -0.4 is 0 Å². The van der Waals surface area contributed by atoms with Crippen molar-refractivity contribution in [1.82, 2.24) is 34.9 Å².